The first-order valence-electron chi connectivity index (χ1n) is 6.56. The Morgan fingerprint density at radius 3 is 2.86 bits per heavy atom. The van der Waals surface area contributed by atoms with Gasteiger partial charge < -0.3 is 9.73 Å². The molecule has 0 saturated carbocycles. The summed E-state index contributed by atoms with van der Waals surface area (Å²) in [5.74, 6) is 2.40. The van der Waals surface area contributed by atoms with E-state index in [2.05, 4.69) is 27.9 Å². The molecule has 0 saturated heterocycles. The SMILES string of the molecule is Cc1nc(-c2cccnc2)sc1NCc1ccc(CS)o1. The van der Waals surface area contributed by atoms with Crippen LogP contribution in [0.3, 0.4) is 0 Å². The van der Waals surface area contributed by atoms with E-state index in [1.165, 1.54) is 0 Å². The molecule has 0 amide bonds. The van der Waals surface area contributed by atoms with Gasteiger partial charge in [-0.25, -0.2) is 4.98 Å². The van der Waals surface area contributed by atoms with Crippen molar-refractivity contribution >= 4 is 29.0 Å². The fourth-order valence-electron chi connectivity index (χ4n) is 1.94. The first kappa shape index (κ1) is 14.2. The topological polar surface area (TPSA) is 51.0 Å². The van der Waals surface area contributed by atoms with Crippen molar-refractivity contribution in [1.82, 2.24) is 9.97 Å². The molecule has 6 heteroatoms. The van der Waals surface area contributed by atoms with Crippen LogP contribution >= 0.6 is 24.0 Å². The van der Waals surface area contributed by atoms with E-state index < -0.39 is 0 Å². The maximum atomic E-state index is 5.62. The summed E-state index contributed by atoms with van der Waals surface area (Å²) in [6, 6.07) is 7.85. The van der Waals surface area contributed by atoms with Gasteiger partial charge >= 0.3 is 0 Å². The second-order valence-electron chi connectivity index (χ2n) is 4.55. The predicted octanol–water partition coefficient (Wildman–Crippen LogP) is 4.15. The van der Waals surface area contributed by atoms with Gasteiger partial charge in [-0.3, -0.25) is 4.98 Å². The van der Waals surface area contributed by atoms with Gasteiger partial charge in [0.25, 0.3) is 0 Å². The lowest BCUT2D eigenvalue weighted by Crippen LogP contribution is -1.97. The molecule has 0 bridgehead atoms. The van der Waals surface area contributed by atoms with Crippen LogP contribution in [0.25, 0.3) is 10.6 Å². The molecular formula is C15H15N3OS2. The third kappa shape index (κ3) is 3.28. The highest BCUT2D eigenvalue weighted by molar-refractivity contribution is 7.79. The Labute approximate surface area is 132 Å². The highest BCUT2D eigenvalue weighted by Gasteiger charge is 2.10. The van der Waals surface area contributed by atoms with Gasteiger partial charge in [0, 0.05) is 23.7 Å². The summed E-state index contributed by atoms with van der Waals surface area (Å²) in [4.78, 5) is 8.72. The number of hydrogen-bond acceptors (Lipinski definition) is 6. The van der Waals surface area contributed by atoms with Gasteiger partial charge in [0.1, 0.15) is 21.5 Å². The van der Waals surface area contributed by atoms with Gasteiger partial charge in [-0.1, -0.05) is 11.3 Å². The molecule has 0 radical (unpaired) electrons. The van der Waals surface area contributed by atoms with E-state index in [4.69, 9.17) is 4.42 Å². The van der Waals surface area contributed by atoms with E-state index in [1.54, 1.807) is 17.5 Å². The summed E-state index contributed by atoms with van der Waals surface area (Å²) in [5.41, 5.74) is 2.02. The minimum Gasteiger partial charge on any atom is -0.463 e. The number of thiol groups is 1. The van der Waals surface area contributed by atoms with E-state index in [9.17, 15) is 0 Å². The Hall–Kier alpha value is -1.79. The van der Waals surface area contributed by atoms with E-state index in [-0.39, 0.29) is 0 Å². The van der Waals surface area contributed by atoms with Crippen molar-refractivity contribution in [2.75, 3.05) is 5.32 Å². The Balaban J connectivity index is 1.73. The van der Waals surface area contributed by atoms with Crippen molar-refractivity contribution in [3.63, 3.8) is 0 Å². The predicted molar refractivity (Wildman–Crippen MR) is 88.8 cm³/mol. The Morgan fingerprint density at radius 1 is 1.29 bits per heavy atom. The molecule has 21 heavy (non-hydrogen) atoms. The molecule has 0 spiro atoms. The number of aromatic nitrogens is 2. The third-order valence-corrected chi connectivity index (χ3v) is 4.48. The van der Waals surface area contributed by atoms with Crippen molar-refractivity contribution in [2.45, 2.75) is 19.2 Å². The lowest BCUT2D eigenvalue weighted by molar-refractivity contribution is 0.488. The molecule has 3 aromatic rings. The van der Waals surface area contributed by atoms with Gasteiger partial charge in [-0.15, -0.1) is 0 Å². The van der Waals surface area contributed by atoms with Gasteiger partial charge in [0.05, 0.1) is 12.2 Å². The highest BCUT2D eigenvalue weighted by Crippen LogP contribution is 2.31. The summed E-state index contributed by atoms with van der Waals surface area (Å²) in [5, 5.41) is 5.40. The first-order chi connectivity index (χ1) is 10.3. The van der Waals surface area contributed by atoms with Crippen molar-refractivity contribution < 1.29 is 4.42 Å². The van der Waals surface area contributed by atoms with E-state index in [1.807, 2.05) is 37.4 Å². The molecule has 1 N–H and O–H groups in total. The molecule has 3 heterocycles. The summed E-state index contributed by atoms with van der Waals surface area (Å²) < 4.78 is 5.62. The van der Waals surface area contributed by atoms with Crippen molar-refractivity contribution in [1.29, 1.82) is 0 Å². The van der Waals surface area contributed by atoms with Gasteiger partial charge in [0.15, 0.2) is 0 Å². The molecule has 108 valence electrons. The number of rotatable bonds is 5. The highest BCUT2D eigenvalue weighted by atomic mass is 32.1. The van der Waals surface area contributed by atoms with Gasteiger partial charge in [0.2, 0.25) is 0 Å². The molecule has 3 rings (SSSR count). The summed E-state index contributed by atoms with van der Waals surface area (Å²) in [6.45, 7) is 2.64. The van der Waals surface area contributed by atoms with E-state index >= 15 is 0 Å². The standard InChI is InChI=1S/C15H15N3OS2/c1-10-14(17-8-12-4-5-13(9-20)19-12)21-15(18-10)11-3-2-6-16-7-11/h2-7,17,20H,8-9H2,1H3. The molecular weight excluding hydrogens is 302 g/mol. The van der Waals surface area contributed by atoms with Gasteiger partial charge in [-0.05, 0) is 31.2 Å². The number of nitrogens with one attached hydrogen (secondary N) is 1. The Morgan fingerprint density at radius 2 is 2.14 bits per heavy atom. The second-order valence-corrected chi connectivity index (χ2v) is 5.87. The van der Waals surface area contributed by atoms with Gasteiger partial charge in [-0.2, -0.15) is 12.6 Å². The second kappa shape index (κ2) is 6.32. The minimum absolute atomic E-state index is 0.616. The molecule has 0 aliphatic carbocycles. The normalized spacial score (nSPS) is 10.8. The maximum absolute atomic E-state index is 5.62. The first-order valence-corrected chi connectivity index (χ1v) is 8.01. The lowest BCUT2D eigenvalue weighted by Gasteiger charge is -2.01. The quantitative estimate of drug-likeness (QED) is 0.694. The van der Waals surface area contributed by atoms with Crippen molar-refractivity contribution in [3.8, 4) is 10.6 Å². The molecule has 0 unspecified atom stereocenters. The molecule has 0 aliphatic heterocycles. The van der Waals surface area contributed by atoms with Crippen molar-refractivity contribution in [3.05, 3.63) is 53.9 Å². The summed E-state index contributed by atoms with van der Waals surface area (Å²) in [6.07, 6.45) is 3.59. The smallest absolute Gasteiger partial charge is 0.127 e. The van der Waals surface area contributed by atoms with Crippen LogP contribution in [0.15, 0.2) is 41.1 Å². The summed E-state index contributed by atoms with van der Waals surface area (Å²) in [7, 11) is 0. The molecule has 0 fully saturated rings. The zero-order chi connectivity index (χ0) is 14.7. The van der Waals surface area contributed by atoms with E-state index in [0.29, 0.717) is 12.3 Å². The van der Waals surface area contributed by atoms with Crippen LogP contribution in [0, 0.1) is 6.92 Å². The number of nitrogens with zero attached hydrogens (tertiary/aromatic N) is 2. The van der Waals surface area contributed by atoms with Crippen LogP contribution in [-0.4, -0.2) is 9.97 Å². The zero-order valence-corrected chi connectivity index (χ0v) is 13.2. The molecule has 4 nitrogen and oxygen atoms in total. The van der Waals surface area contributed by atoms with Crippen LogP contribution < -0.4 is 5.32 Å². The average molecular weight is 317 g/mol. The Kier molecular flexibility index (Phi) is 4.26. The van der Waals surface area contributed by atoms with E-state index in [0.717, 1.165) is 32.8 Å². The number of thiazole rings is 1. The van der Waals surface area contributed by atoms with Crippen LogP contribution in [0.1, 0.15) is 17.2 Å². The maximum Gasteiger partial charge on any atom is 0.127 e. The molecule has 0 atom stereocenters. The molecule has 3 aromatic heterocycles. The largest absolute Gasteiger partial charge is 0.463 e. The van der Waals surface area contributed by atoms with Crippen molar-refractivity contribution in [2.24, 2.45) is 0 Å². The zero-order valence-electron chi connectivity index (χ0n) is 11.5. The lowest BCUT2D eigenvalue weighted by atomic mass is 10.3. The monoisotopic (exact) mass is 317 g/mol. The van der Waals surface area contributed by atoms with Crippen LogP contribution in [-0.2, 0) is 12.3 Å². The fourth-order valence-corrected chi connectivity index (χ4v) is 3.07. The fraction of sp³-hybridized carbons (Fsp3) is 0.200. The number of anilines is 1. The molecule has 0 aromatic carbocycles. The van der Waals surface area contributed by atoms with Crippen LogP contribution in [0.5, 0.6) is 0 Å². The minimum atomic E-state index is 0.616. The number of pyridine rings is 1. The molecule has 0 aliphatic rings. The third-order valence-electron chi connectivity index (χ3n) is 3.00. The Bertz CT molecular complexity index is 722. The average Bonchev–Trinajstić information content (AvgIpc) is 3.12. The number of furan rings is 1. The number of aryl methyl sites for hydroxylation is 1. The van der Waals surface area contributed by atoms with Crippen LogP contribution in [0.2, 0.25) is 0 Å². The van der Waals surface area contributed by atoms with Crippen LogP contribution in [0.4, 0.5) is 5.00 Å². The number of hydrogen-bond donors (Lipinski definition) is 2. The summed E-state index contributed by atoms with van der Waals surface area (Å²) >= 11 is 5.82.